The van der Waals surface area contributed by atoms with E-state index < -0.39 is 0 Å². The van der Waals surface area contributed by atoms with Crippen LogP contribution < -0.4 is 5.32 Å². The third-order valence-electron chi connectivity index (χ3n) is 2.65. The number of rotatable bonds is 4. The lowest BCUT2D eigenvalue weighted by molar-refractivity contribution is 0.930. The molecule has 0 fully saturated rings. The number of hydrogen-bond acceptors (Lipinski definition) is 4. The van der Waals surface area contributed by atoms with Crippen LogP contribution >= 0.6 is 11.3 Å². The molecule has 3 nitrogen and oxygen atoms in total. The molecule has 0 spiro atoms. The number of thiophene rings is 1. The molecule has 0 bridgehead atoms. The molecule has 2 rings (SSSR count). The summed E-state index contributed by atoms with van der Waals surface area (Å²) in [5, 5.41) is 7.51. The van der Waals surface area contributed by atoms with Gasteiger partial charge in [0.25, 0.3) is 0 Å². The SMILES string of the molecule is CCNc1nc(CC)nc(-c2ccsc2)c1C. The van der Waals surface area contributed by atoms with Crippen molar-refractivity contribution in [1.29, 1.82) is 0 Å². The van der Waals surface area contributed by atoms with Crippen LogP contribution in [0.15, 0.2) is 16.8 Å². The Hall–Kier alpha value is -1.42. The molecule has 0 unspecified atom stereocenters. The van der Waals surface area contributed by atoms with Gasteiger partial charge < -0.3 is 5.32 Å². The summed E-state index contributed by atoms with van der Waals surface area (Å²) in [6, 6.07) is 2.11. The van der Waals surface area contributed by atoms with E-state index in [0.29, 0.717) is 0 Å². The van der Waals surface area contributed by atoms with Crippen molar-refractivity contribution in [2.24, 2.45) is 0 Å². The molecule has 0 radical (unpaired) electrons. The standard InChI is InChI=1S/C13H17N3S/c1-4-11-15-12(10-6-7-17-8-10)9(3)13(16-11)14-5-2/h6-8H,4-5H2,1-3H3,(H,14,15,16). The second-order valence-electron chi connectivity index (χ2n) is 3.86. The second-order valence-corrected chi connectivity index (χ2v) is 4.64. The Morgan fingerprint density at radius 1 is 1.29 bits per heavy atom. The van der Waals surface area contributed by atoms with Crippen molar-refractivity contribution in [3.8, 4) is 11.3 Å². The van der Waals surface area contributed by atoms with Crippen LogP contribution in [-0.4, -0.2) is 16.5 Å². The van der Waals surface area contributed by atoms with E-state index in [1.54, 1.807) is 11.3 Å². The smallest absolute Gasteiger partial charge is 0.133 e. The molecular weight excluding hydrogens is 230 g/mol. The molecule has 17 heavy (non-hydrogen) atoms. The molecule has 2 aromatic heterocycles. The lowest BCUT2D eigenvalue weighted by Crippen LogP contribution is -2.07. The molecule has 0 aromatic carbocycles. The number of hydrogen-bond donors (Lipinski definition) is 1. The van der Waals surface area contributed by atoms with Gasteiger partial charge in [-0.25, -0.2) is 9.97 Å². The van der Waals surface area contributed by atoms with Crippen molar-refractivity contribution in [2.75, 3.05) is 11.9 Å². The van der Waals surface area contributed by atoms with E-state index in [1.165, 1.54) is 5.56 Å². The summed E-state index contributed by atoms with van der Waals surface area (Å²) in [6.07, 6.45) is 0.857. The van der Waals surface area contributed by atoms with Crippen molar-refractivity contribution in [3.05, 3.63) is 28.2 Å². The van der Waals surface area contributed by atoms with Crippen LogP contribution in [0.1, 0.15) is 25.2 Å². The van der Waals surface area contributed by atoms with Gasteiger partial charge in [0.15, 0.2) is 0 Å². The van der Waals surface area contributed by atoms with Gasteiger partial charge in [-0.05, 0) is 25.3 Å². The minimum atomic E-state index is 0.857. The van der Waals surface area contributed by atoms with Gasteiger partial charge in [0.05, 0.1) is 5.69 Å². The highest BCUT2D eigenvalue weighted by molar-refractivity contribution is 7.08. The molecule has 90 valence electrons. The number of aromatic nitrogens is 2. The van der Waals surface area contributed by atoms with Gasteiger partial charge in [-0.1, -0.05) is 6.92 Å². The maximum absolute atomic E-state index is 4.63. The van der Waals surface area contributed by atoms with Crippen LogP contribution in [0, 0.1) is 6.92 Å². The quantitative estimate of drug-likeness (QED) is 0.898. The second kappa shape index (κ2) is 5.27. The Labute approximate surface area is 106 Å². The van der Waals surface area contributed by atoms with E-state index in [4.69, 9.17) is 0 Å². The zero-order valence-electron chi connectivity index (χ0n) is 10.4. The minimum absolute atomic E-state index is 0.857. The van der Waals surface area contributed by atoms with Gasteiger partial charge in [-0.2, -0.15) is 11.3 Å². The molecular formula is C13H17N3S. The van der Waals surface area contributed by atoms with Crippen molar-refractivity contribution < 1.29 is 0 Å². The Balaban J connectivity index is 2.54. The molecule has 2 heterocycles. The van der Waals surface area contributed by atoms with E-state index >= 15 is 0 Å². The van der Waals surface area contributed by atoms with Gasteiger partial charge in [0, 0.05) is 29.5 Å². The van der Waals surface area contributed by atoms with Gasteiger partial charge in [-0.15, -0.1) is 0 Å². The van der Waals surface area contributed by atoms with Crippen molar-refractivity contribution in [3.63, 3.8) is 0 Å². The highest BCUT2D eigenvalue weighted by Crippen LogP contribution is 2.27. The van der Waals surface area contributed by atoms with E-state index in [-0.39, 0.29) is 0 Å². The van der Waals surface area contributed by atoms with E-state index in [9.17, 15) is 0 Å². The highest BCUT2D eigenvalue weighted by atomic mass is 32.1. The fourth-order valence-corrected chi connectivity index (χ4v) is 2.38. The summed E-state index contributed by atoms with van der Waals surface area (Å²) in [5.41, 5.74) is 3.36. The normalized spacial score (nSPS) is 10.5. The Bertz CT molecular complexity index is 492. The monoisotopic (exact) mass is 247 g/mol. The first-order valence-electron chi connectivity index (χ1n) is 5.90. The van der Waals surface area contributed by atoms with E-state index in [0.717, 1.165) is 35.9 Å². The van der Waals surface area contributed by atoms with Crippen LogP contribution in [0.25, 0.3) is 11.3 Å². The maximum Gasteiger partial charge on any atom is 0.133 e. The van der Waals surface area contributed by atoms with Crippen LogP contribution in [-0.2, 0) is 6.42 Å². The van der Waals surface area contributed by atoms with Crippen molar-refractivity contribution in [2.45, 2.75) is 27.2 Å². The highest BCUT2D eigenvalue weighted by Gasteiger charge is 2.11. The van der Waals surface area contributed by atoms with Crippen LogP contribution in [0.5, 0.6) is 0 Å². The van der Waals surface area contributed by atoms with Crippen LogP contribution in [0.3, 0.4) is 0 Å². The molecule has 1 N–H and O–H groups in total. The Kier molecular flexibility index (Phi) is 3.74. The summed E-state index contributed by atoms with van der Waals surface area (Å²) >= 11 is 1.69. The van der Waals surface area contributed by atoms with Gasteiger partial charge in [0.2, 0.25) is 0 Å². The fourth-order valence-electron chi connectivity index (χ4n) is 1.74. The number of anilines is 1. The van der Waals surface area contributed by atoms with E-state index in [2.05, 4.69) is 52.9 Å². The average molecular weight is 247 g/mol. The predicted molar refractivity (Wildman–Crippen MR) is 73.6 cm³/mol. The summed E-state index contributed by atoms with van der Waals surface area (Å²) < 4.78 is 0. The molecule has 0 aliphatic rings. The Morgan fingerprint density at radius 2 is 2.12 bits per heavy atom. The molecule has 0 amide bonds. The zero-order valence-corrected chi connectivity index (χ0v) is 11.3. The maximum atomic E-state index is 4.63. The van der Waals surface area contributed by atoms with Crippen LogP contribution in [0.4, 0.5) is 5.82 Å². The van der Waals surface area contributed by atoms with Gasteiger partial charge in [-0.3, -0.25) is 0 Å². The first-order valence-corrected chi connectivity index (χ1v) is 6.84. The number of aryl methyl sites for hydroxylation is 1. The molecule has 0 atom stereocenters. The Morgan fingerprint density at radius 3 is 2.71 bits per heavy atom. The largest absolute Gasteiger partial charge is 0.370 e. The lowest BCUT2D eigenvalue weighted by Gasteiger charge is -2.11. The van der Waals surface area contributed by atoms with E-state index in [1.807, 2.05) is 0 Å². The first kappa shape index (κ1) is 12.0. The summed E-state index contributed by atoms with van der Waals surface area (Å²) in [7, 11) is 0. The average Bonchev–Trinajstić information content (AvgIpc) is 2.85. The third-order valence-corrected chi connectivity index (χ3v) is 3.33. The lowest BCUT2D eigenvalue weighted by atomic mass is 10.1. The fraction of sp³-hybridized carbons (Fsp3) is 0.385. The molecule has 0 saturated carbocycles. The molecule has 0 saturated heterocycles. The minimum Gasteiger partial charge on any atom is -0.370 e. The molecule has 0 aliphatic heterocycles. The number of nitrogens with one attached hydrogen (secondary N) is 1. The van der Waals surface area contributed by atoms with Crippen LogP contribution in [0.2, 0.25) is 0 Å². The molecule has 0 aliphatic carbocycles. The topological polar surface area (TPSA) is 37.8 Å². The van der Waals surface area contributed by atoms with Gasteiger partial charge >= 0.3 is 0 Å². The third kappa shape index (κ3) is 2.47. The summed E-state index contributed by atoms with van der Waals surface area (Å²) in [5.74, 6) is 1.85. The van der Waals surface area contributed by atoms with Gasteiger partial charge in [0.1, 0.15) is 11.6 Å². The molecule has 2 aromatic rings. The zero-order chi connectivity index (χ0) is 12.3. The summed E-state index contributed by atoms with van der Waals surface area (Å²) in [4.78, 5) is 9.16. The van der Waals surface area contributed by atoms with Crippen molar-refractivity contribution >= 4 is 17.2 Å². The summed E-state index contributed by atoms with van der Waals surface area (Å²) in [6.45, 7) is 7.11. The van der Waals surface area contributed by atoms with Crippen molar-refractivity contribution in [1.82, 2.24) is 9.97 Å². The predicted octanol–water partition coefficient (Wildman–Crippen LogP) is 3.51. The first-order chi connectivity index (χ1) is 8.26. The molecule has 4 heteroatoms. The number of nitrogens with zero attached hydrogens (tertiary/aromatic N) is 2.